The highest BCUT2D eigenvalue weighted by Gasteiger charge is 2.45. The van der Waals surface area contributed by atoms with Crippen LogP contribution in [0.3, 0.4) is 0 Å². The quantitative estimate of drug-likeness (QED) is 0.774. The van der Waals surface area contributed by atoms with E-state index < -0.39 is 0 Å². The summed E-state index contributed by atoms with van der Waals surface area (Å²) in [5.74, 6) is 0.930. The zero-order valence-corrected chi connectivity index (χ0v) is 13.0. The van der Waals surface area contributed by atoms with E-state index >= 15 is 0 Å². The van der Waals surface area contributed by atoms with Crippen molar-refractivity contribution in [1.82, 2.24) is 9.80 Å². The van der Waals surface area contributed by atoms with Crippen LogP contribution in [0.2, 0.25) is 0 Å². The summed E-state index contributed by atoms with van der Waals surface area (Å²) in [5.41, 5.74) is 0.0296. The van der Waals surface area contributed by atoms with Gasteiger partial charge in [0, 0.05) is 51.7 Å². The number of nitrogens with zero attached hydrogens (tertiary/aromatic N) is 2. The topological polar surface area (TPSA) is 49.9 Å². The highest BCUT2D eigenvalue weighted by atomic mass is 16.5. The molecule has 0 bridgehead atoms. The SMILES string of the molecule is CN1C(=O)CCC12CCN(C(=O)CC1CCCOC1)CC2. The van der Waals surface area contributed by atoms with Gasteiger partial charge in [-0.1, -0.05) is 0 Å². The van der Waals surface area contributed by atoms with Gasteiger partial charge in [-0.3, -0.25) is 9.59 Å². The number of amides is 2. The Hall–Kier alpha value is -1.10. The lowest BCUT2D eigenvalue weighted by Gasteiger charge is -2.43. The van der Waals surface area contributed by atoms with E-state index in [0.717, 1.165) is 58.4 Å². The Morgan fingerprint density at radius 2 is 2.10 bits per heavy atom. The molecule has 3 rings (SSSR count). The van der Waals surface area contributed by atoms with Crippen LogP contribution in [0.25, 0.3) is 0 Å². The van der Waals surface area contributed by atoms with Crippen LogP contribution in [0.1, 0.15) is 44.9 Å². The summed E-state index contributed by atoms with van der Waals surface area (Å²) in [4.78, 5) is 28.1. The van der Waals surface area contributed by atoms with Gasteiger partial charge >= 0.3 is 0 Å². The van der Waals surface area contributed by atoms with Gasteiger partial charge in [0.25, 0.3) is 0 Å². The Morgan fingerprint density at radius 1 is 1.33 bits per heavy atom. The Morgan fingerprint density at radius 3 is 2.67 bits per heavy atom. The first-order chi connectivity index (χ1) is 10.1. The summed E-state index contributed by atoms with van der Waals surface area (Å²) in [7, 11) is 1.92. The number of carbonyl (C=O) groups excluding carboxylic acids is 2. The van der Waals surface area contributed by atoms with Gasteiger partial charge in [0.05, 0.1) is 0 Å². The molecule has 5 nitrogen and oxygen atoms in total. The molecule has 3 aliphatic rings. The number of carbonyl (C=O) groups is 2. The number of hydrogen-bond acceptors (Lipinski definition) is 3. The van der Waals surface area contributed by atoms with Crippen LogP contribution in [-0.2, 0) is 14.3 Å². The maximum absolute atomic E-state index is 12.4. The largest absolute Gasteiger partial charge is 0.381 e. The summed E-state index contributed by atoms with van der Waals surface area (Å²) in [6.07, 6.45) is 6.31. The third-order valence-electron chi connectivity index (χ3n) is 5.65. The first-order valence-electron chi connectivity index (χ1n) is 8.23. The molecule has 1 spiro atoms. The van der Waals surface area contributed by atoms with Gasteiger partial charge < -0.3 is 14.5 Å². The standard InChI is InChI=1S/C16H26N2O3/c1-17-14(19)4-5-16(17)6-8-18(9-7-16)15(20)11-13-3-2-10-21-12-13/h13H,2-12H2,1H3. The zero-order chi connectivity index (χ0) is 14.9. The minimum atomic E-state index is 0.0296. The zero-order valence-electron chi connectivity index (χ0n) is 13.0. The van der Waals surface area contributed by atoms with Crippen LogP contribution in [0.5, 0.6) is 0 Å². The molecule has 0 N–H and O–H groups in total. The van der Waals surface area contributed by atoms with Crippen molar-refractivity contribution in [2.24, 2.45) is 5.92 Å². The summed E-state index contributed by atoms with van der Waals surface area (Å²) >= 11 is 0. The molecule has 118 valence electrons. The fourth-order valence-corrected chi connectivity index (χ4v) is 4.04. The molecule has 1 unspecified atom stereocenters. The maximum atomic E-state index is 12.4. The lowest BCUT2D eigenvalue weighted by atomic mass is 9.85. The van der Waals surface area contributed by atoms with E-state index in [1.807, 2.05) is 16.8 Å². The highest BCUT2D eigenvalue weighted by Crippen LogP contribution is 2.38. The molecule has 2 amide bonds. The molecular weight excluding hydrogens is 268 g/mol. The molecule has 1 atom stereocenters. The molecule has 21 heavy (non-hydrogen) atoms. The molecule has 0 radical (unpaired) electrons. The fourth-order valence-electron chi connectivity index (χ4n) is 4.04. The molecule has 3 heterocycles. The van der Waals surface area contributed by atoms with E-state index in [1.54, 1.807) is 0 Å². The van der Waals surface area contributed by atoms with E-state index in [0.29, 0.717) is 18.8 Å². The van der Waals surface area contributed by atoms with Gasteiger partial charge in [0.15, 0.2) is 0 Å². The summed E-state index contributed by atoms with van der Waals surface area (Å²) in [6, 6.07) is 0. The highest BCUT2D eigenvalue weighted by molar-refractivity contribution is 5.80. The van der Waals surface area contributed by atoms with Gasteiger partial charge in [0.1, 0.15) is 0 Å². The van der Waals surface area contributed by atoms with Crippen molar-refractivity contribution in [3.8, 4) is 0 Å². The third kappa shape index (κ3) is 2.93. The number of hydrogen-bond donors (Lipinski definition) is 0. The average molecular weight is 294 g/mol. The van der Waals surface area contributed by atoms with E-state index in [4.69, 9.17) is 4.74 Å². The van der Waals surface area contributed by atoms with Crippen molar-refractivity contribution in [2.45, 2.75) is 50.5 Å². The third-order valence-corrected chi connectivity index (χ3v) is 5.65. The Kier molecular flexibility index (Phi) is 4.20. The number of rotatable bonds is 2. The van der Waals surface area contributed by atoms with E-state index in [-0.39, 0.29) is 17.4 Å². The molecule has 3 fully saturated rings. The predicted octanol–water partition coefficient (Wildman–Crippen LogP) is 1.42. The molecule has 3 aliphatic heterocycles. The Bertz CT molecular complexity index is 410. The molecule has 0 aromatic carbocycles. The lowest BCUT2D eigenvalue weighted by molar-refractivity contribution is -0.137. The molecule has 0 aromatic rings. The van der Waals surface area contributed by atoms with Gasteiger partial charge in [0.2, 0.25) is 11.8 Å². The second kappa shape index (κ2) is 5.95. The Labute approximate surface area is 126 Å². The molecular formula is C16H26N2O3. The smallest absolute Gasteiger partial charge is 0.222 e. The lowest BCUT2D eigenvalue weighted by Crippen LogP contribution is -2.53. The normalized spacial score (nSPS) is 29.2. The van der Waals surface area contributed by atoms with Crippen LogP contribution in [0, 0.1) is 5.92 Å². The summed E-state index contributed by atoms with van der Waals surface area (Å²) in [5, 5.41) is 0. The predicted molar refractivity (Wildman–Crippen MR) is 78.7 cm³/mol. The second-order valence-electron chi connectivity index (χ2n) is 6.85. The Balaban J connectivity index is 1.51. The average Bonchev–Trinajstić information content (AvgIpc) is 2.78. The minimum Gasteiger partial charge on any atom is -0.381 e. The van der Waals surface area contributed by atoms with Gasteiger partial charge in [-0.2, -0.15) is 0 Å². The van der Waals surface area contributed by atoms with Crippen molar-refractivity contribution < 1.29 is 14.3 Å². The van der Waals surface area contributed by atoms with Crippen LogP contribution >= 0.6 is 0 Å². The first-order valence-corrected chi connectivity index (χ1v) is 8.23. The van der Waals surface area contributed by atoms with Gasteiger partial charge in [-0.15, -0.1) is 0 Å². The molecule has 5 heteroatoms. The van der Waals surface area contributed by atoms with Crippen LogP contribution in [0.4, 0.5) is 0 Å². The second-order valence-corrected chi connectivity index (χ2v) is 6.85. The maximum Gasteiger partial charge on any atom is 0.222 e. The summed E-state index contributed by atoms with van der Waals surface area (Å²) in [6.45, 7) is 3.17. The molecule has 0 aliphatic carbocycles. The van der Waals surface area contributed by atoms with Gasteiger partial charge in [-0.05, 0) is 38.0 Å². The van der Waals surface area contributed by atoms with E-state index in [9.17, 15) is 9.59 Å². The molecule has 0 saturated carbocycles. The van der Waals surface area contributed by atoms with E-state index in [2.05, 4.69) is 0 Å². The fraction of sp³-hybridized carbons (Fsp3) is 0.875. The van der Waals surface area contributed by atoms with Crippen molar-refractivity contribution in [2.75, 3.05) is 33.4 Å². The minimum absolute atomic E-state index is 0.0296. The monoisotopic (exact) mass is 294 g/mol. The van der Waals surface area contributed by atoms with Gasteiger partial charge in [-0.25, -0.2) is 0 Å². The van der Waals surface area contributed by atoms with Crippen molar-refractivity contribution in [1.29, 1.82) is 0 Å². The summed E-state index contributed by atoms with van der Waals surface area (Å²) < 4.78 is 5.46. The van der Waals surface area contributed by atoms with Crippen LogP contribution < -0.4 is 0 Å². The molecule has 3 saturated heterocycles. The molecule has 0 aromatic heterocycles. The van der Waals surface area contributed by atoms with Crippen molar-refractivity contribution in [3.05, 3.63) is 0 Å². The van der Waals surface area contributed by atoms with Crippen molar-refractivity contribution >= 4 is 11.8 Å². The number of ether oxygens (including phenoxy) is 1. The first kappa shape index (κ1) is 14.8. The van der Waals surface area contributed by atoms with Crippen LogP contribution in [-0.4, -0.2) is 60.5 Å². The van der Waals surface area contributed by atoms with Crippen LogP contribution in [0.15, 0.2) is 0 Å². The van der Waals surface area contributed by atoms with Crippen molar-refractivity contribution in [3.63, 3.8) is 0 Å². The number of likely N-dealkylation sites (tertiary alicyclic amines) is 2. The number of piperidine rings is 1. The van der Waals surface area contributed by atoms with E-state index in [1.165, 1.54) is 0 Å².